The fourth-order valence-electron chi connectivity index (χ4n) is 3.36. The molecule has 0 bridgehead atoms. The molecule has 0 saturated carbocycles. The number of nitrogens with zero attached hydrogens (tertiary/aromatic N) is 4. The van der Waals surface area contributed by atoms with E-state index in [0.29, 0.717) is 58.5 Å². The van der Waals surface area contributed by atoms with Gasteiger partial charge in [0.1, 0.15) is 11.2 Å². The lowest BCUT2D eigenvalue weighted by atomic mass is 10.1. The van der Waals surface area contributed by atoms with Crippen LogP contribution >= 0.6 is 11.3 Å². The maximum Gasteiger partial charge on any atom is 0.257 e. The first-order chi connectivity index (χ1) is 15.4. The Labute approximate surface area is 187 Å². The van der Waals surface area contributed by atoms with E-state index < -0.39 is 11.9 Å². The molecule has 9 nitrogen and oxygen atoms in total. The standard InChI is InChI=1S/C21H22FN5O4S/c1-26(2)20(29)13-6-4-12(5-7-13)18(28)25-21-23-14-16(32-21)15(17(22)24-19(14)30-3)27-8-10-31-11-9-27/h4-7H,8-11H2,1-3H3,(H,23,25,28). The Balaban J connectivity index is 1.63. The van der Waals surface area contributed by atoms with Gasteiger partial charge in [0.15, 0.2) is 5.13 Å². The number of carbonyl (C=O) groups excluding carboxylic acids is 2. The summed E-state index contributed by atoms with van der Waals surface area (Å²) in [6, 6.07) is 6.32. The SMILES string of the molecule is COc1nc(F)c(N2CCOCC2)c2sc(NC(=O)c3ccc(C(=O)N(C)C)cc3)nc12. The summed E-state index contributed by atoms with van der Waals surface area (Å²) < 4.78 is 25.9. The minimum absolute atomic E-state index is 0.0535. The van der Waals surface area contributed by atoms with Gasteiger partial charge in [-0.3, -0.25) is 14.9 Å². The molecule has 0 aliphatic carbocycles. The molecule has 0 atom stereocenters. The molecule has 0 spiro atoms. The molecule has 3 aromatic rings. The number of benzene rings is 1. The molecule has 32 heavy (non-hydrogen) atoms. The zero-order valence-electron chi connectivity index (χ0n) is 17.8. The Hall–Kier alpha value is -3.31. The third-order valence-electron chi connectivity index (χ3n) is 4.98. The lowest BCUT2D eigenvalue weighted by molar-refractivity contribution is 0.0827. The van der Waals surface area contributed by atoms with Crippen molar-refractivity contribution in [2.75, 3.05) is 57.7 Å². The Kier molecular flexibility index (Phi) is 6.19. The number of thiazole rings is 1. The second-order valence-electron chi connectivity index (χ2n) is 7.29. The van der Waals surface area contributed by atoms with Gasteiger partial charge in [-0.1, -0.05) is 11.3 Å². The first-order valence-electron chi connectivity index (χ1n) is 9.89. The molecular weight excluding hydrogens is 437 g/mol. The monoisotopic (exact) mass is 459 g/mol. The van der Waals surface area contributed by atoms with E-state index in [-0.39, 0.29) is 11.8 Å². The van der Waals surface area contributed by atoms with Gasteiger partial charge in [0, 0.05) is 38.3 Å². The van der Waals surface area contributed by atoms with E-state index in [2.05, 4.69) is 15.3 Å². The normalized spacial score (nSPS) is 13.8. The highest BCUT2D eigenvalue weighted by atomic mass is 32.1. The molecule has 0 unspecified atom stereocenters. The third-order valence-corrected chi connectivity index (χ3v) is 5.96. The van der Waals surface area contributed by atoms with E-state index in [1.807, 2.05) is 4.90 Å². The zero-order valence-corrected chi connectivity index (χ0v) is 18.7. The highest BCUT2D eigenvalue weighted by Crippen LogP contribution is 2.40. The first-order valence-corrected chi connectivity index (χ1v) is 10.7. The summed E-state index contributed by atoms with van der Waals surface area (Å²) in [5, 5.41) is 3.03. The number of carbonyl (C=O) groups is 2. The molecule has 1 N–H and O–H groups in total. The maximum atomic E-state index is 14.8. The van der Waals surface area contributed by atoms with Crippen LogP contribution in [0.3, 0.4) is 0 Å². The van der Waals surface area contributed by atoms with E-state index >= 15 is 0 Å². The molecule has 1 saturated heterocycles. The number of rotatable bonds is 5. The van der Waals surface area contributed by atoms with Gasteiger partial charge in [-0.05, 0) is 24.3 Å². The van der Waals surface area contributed by atoms with Gasteiger partial charge in [0.05, 0.1) is 25.0 Å². The van der Waals surface area contributed by atoms with Crippen LogP contribution in [0.5, 0.6) is 5.88 Å². The van der Waals surface area contributed by atoms with Crippen LogP contribution in [0.15, 0.2) is 24.3 Å². The average Bonchev–Trinajstić information content (AvgIpc) is 3.21. The van der Waals surface area contributed by atoms with Crippen LogP contribution in [0, 0.1) is 5.95 Å². The van der Waals surface area contributed by atoms with Crippen LogP contribution in [0.1, 0.15) is 20.7 Å². The molecule has 3 heterocycles. The summed E-state index contributed by atoms with van der Waals surface area (Å²) in [4.78, 5) is 36.4. The van der Waals surface area contributed by atoms with Gasteiger partial charge in [0.2, 0.25) is 11.8 Å². The molecule has 11 heteroatoms. The molecule has 1 aromatic carbocycles. The number of ether oxygens (including phenoxy) is 2. The molecule has 168 valence electrons. The number of aromatic nitrogens is 2. The van der Waals surface area contributed by atoms with Crippen molar-refractivity contribution in [2.24, 2.45) is 0 Å². The van der Waals surface area contributed by atoms with Crippen molar-refractivity contribution in [3.8, 4) is 5.88 Å². The van der Waals surface area contributed by atoms with Crippen molar-refractivity contribution < 1.29 is 23.5 Å². The zero-order chi connectivity index (χ0) is 22.8. The number of methoxy groups -OCH3 is 1. The Morgan fingerprint density at radius 1 is 1.16 bits per heavy atom. The van der Waals surface area contributed by atoms with Crippen molar-refractivity contribution in [3.63, 3.8) is 0 Å². The Bertz CT molecular complexity index is 1160. The number of halogens is 1. The van der Waals surface area contributed by atoms with Crippen molar-refractivity contribution in [3.05, 3.63) is 41.3 Å². The number of hydrogen-bond acceptors (Lipinski definition) is 8. The lowest BCUT2D eigenvalue weighted by Gasteiger charge is -2.29. The smallest absolute Gasteiger partial charge is 0.257 e. The summed E-state index contributed by atoms with van der Waals surface area (Å²) >= 11 is 1.15. The van der Waals surface area contributed by atoms with Crippen LogP contribution < -0.4 is 15.0 Å². The van der Waals surface area contributed by atoms with E-state index in [9.17, 15) is 14.0 Å². The summed E-state index contributed by atoms with van der Waals surface area (Å²) in [6.45, 7) is 2.03. The molecular formula is C21H22FN5O4S. The van der Waals surface area contributed by atoms with Gasteiger partial charge in [0.25, 0.3) is 11.8 Å². The Morgan fingerprint density at radius 3 is 2.44 bits per heavy atom. The molecule has 0 radical (unpaired) electrons. The van der Waals surface area contributed by atoms with Gasteiger partial charge < -0.3 is 19.3 Å². The summed E-state index contributed by atoms with van der Waals surface area (Å²) in [6.07, 6.45) is 0. The molecule has 1 aliphatic rings. The number of amides is 2. The number of anilines is 2. The summed E-state index contributed by atoms with van der Waals surface area (Å²) in [5.41, 5.74) is 1.55. The molecule has 2 amide bonds. The van der Waals surface area contributed by atoms with E-state index in [1.165, 1.54) is 12.0 Å². The quantitative estimate of drug-likeness (QED) is 0.586. The predicted molar refractivity (Wildman–Crippen MR) is 119 cm³/mol. The van der Waals surface area contributed by atoms with Crippen LogP contribution in [0.25, 0.3) is 10.2 Å². The summed E-state index contributed by atoms with van der Waals surface area (Å²) in [5.74, 6) is -1.15. The van der Waals surface area contributed by atoms with Gasteiger partial charge in [-0.15, -0.1) is 0 Å². The fourth-order valence-corrected chi connectivity index (χ4v) is 4.38. The van der Waals surface area contributed by atoms with Gasteiger partial charge >= 0.3 is 0 Å². The largest absolute Gasteiger partial charge is 0.479 e. The van der Waals surface area contributed by atoms with E-state index in [4.69, 9.17) is 9.47 Å². The molecule has 1 aliphatic heterocycles. The second-order valence-corrected chi connectivity index (χ2v) is 8.29. The van der Waals surface area contributed by atoms with Crippen molar-refractivity contribution >= 4 is 44.2 Å². The average molecular weight is 460 g/mol. The lowest BCUT2D eigenvalue weighted by Crippen LogP contribution is -2.37. The van der Waals surface area contributed by atoms with Gasteiger partial charge in [-0.25, -0.2) is 4.98 Å². The van der Waals surface area contributed by atoms with E-state index in [1.54, 1.807) is 38.4 Å². The highest BCUT2D eigenvalue weighted by Gasteiger charge is 2.25. The number of pyridine rings is 1. The number of hydrogen-bond donors (Lipinski definition) is 1. The van der Waals surface area contributed by atoms with Crippen LogP contribution in [-0.4, -0.2) is 74.2 Å². The predicted octanol–water partition coefficient (Wildman–Crippen LogP) is 2.63. The number of nitrogens with one attached hydrogen (secondary N) is 1. The minimum Gasteiger partial charge on any atom is -0.479 e. The summed E-state index contributed by atoms with van der Waals surface area (Å²) in [7, 11) is 4.71. The minimum atomic E-state index is -0.654. The molecule has 1 fully saturated rings. The third kappa shape index (κ3) is 4.21. The topological polar surface area (TPSA) is 96.9 Å². The number of morpholine rings is 1. The van der Waals surface area contributed by atoms with Crippen LogP contribution in [0.2, 0.25) is 0 Å². The Morgan fingerprint density at radius 2 is 1.81 bits per heavy atom. The number of fused-ring (bicyclic) bond motifs is 1. The van der Waals surface area contributed by atoms with Crippen LogP contribution in [-0.2, 0) is 4.74 Å². The highest BCUT2D eigenvalue weighted by molar-refractivity contribution is 7.23. The van der Waals surface area contributed by atoms with Crippen molar-refractivity contribution in [1.29, 1.82) is 0 Å². The van der Waals surface area contributed by atoms with Crippen molar-refractivity contribution in [2.45, 2.75) is 0 Å². The second kappa shape index (κ2) is 9.05. The van der Waals surface area contributed by atoms with Crippen molar-refractivity contribution in [1.82, 2.24) is 14.9 Å². The van der Waals surface area contributed by atoms with Crippen LogP contribution in [0.4, 0.5) is 15.2 Å². The van der Waals surface area contributed by atoms with E-state index in [0.717, 1.165) is 11.3 Å². The van der Waals surface area contributed by atoms with Gasteiger partial charge in [-0.2, -0.15) is 9.37 Å². The molecule has 4 rings (SSSR count). The maximum absolute atomic E-state index is 14.8. The fraction of sp³-hybridized carbons (Fsp3) is 0.333. The molecule has 2 aromatic heterocycles. The first kappa shape index (κ1) is 21.9.